The lowest BCUT2D eigenvalue weighted by Crippen LogP contribution is -2.43. The van der Waals surface area contributed by atoms with Gasteiger partial charge in [-0.1, -0.05) is 25.3 Å². The van der Waals surface area contributed by atoms with E-state index in [2.05, 4.69) is 11.9 Å². The molecule has 6 heteroatoms. The second-order valence-corrected chi connectivity index (χ2v) is 5.47. The topological polar surface area (TPSA) is 75.5 Å². The van der Waals surface area contributed by atoms with Gasteiger partial charge in [0.1, 0.15) is 0 Å². The summed E-state index contributed by atoms with van der Waals surface area (Å²) in [6.07, 6.45) is 7.27. The van der Waals surface area contributed by atoms with Gasteiger partial charge < -0.3 is 10.2 Å². The first-order valence-corrected chi connectivity index (χ1v) is 7.55. The molecule has 0 spiro atoms. The first-order chi connectivity index (χ1) is 10.6. The molecule has 22 heavy (non-hydrogen) atoms. The van der Waals surface area contributed by atoms with Crippen molar-refractivity contribution in [3.8, 4) is 0 Å². The van der Waals surface area contributed by atoms with Crippen LogP contribution in [0.2, 0.25) is 0 Å². The third-order valence-corrected chi connectivity index (χ3v) is 3.93. The number of hydrogen-bond acceptors (Lipinski definition) is 3. The van der Waals surface area contributed by atoms with Crippen molar-refractivity contribution in [1.29, 1.82) is 0 Å². The second kappa shape index (κ2) is 7.59. The zero-order chi connectivity index (χ0) is 15.9. The molecule has 6 nitrogen and oxygen atoms in total. The highest BCUT2D eigenvalue weighted by atomic mass is 16.6. The van der Waals surface area contributed by atoms with Crippen LogP contribution in [0.15, 0.2) is 36.9 Å². The Hall–Kier alpha value is -2.37. The van der Waals surface area contributed by atoms with Gasteiger partial charge in [0.05, 0.1) is 4.92 Å². The fourth-order valence-electron chi connectivity index (χ4n) is 2.79. The number of carbonyl (C=O) groups excluding carboxylic acids is 1. The van der Waals surface area contributed by atoms with E-state index in [0.29, 0.717) is 12.2 Å². The molecule has 1 saturated carbocycles. The predicted octanol–water partition coefficient (Wildman–Crippen LogP) is 3.95. The quantitative estimate of drug-likeness (QED) is 0.508. The van der Waals surface area contributed by atoms with Gasteiger partial charge in [-0.05, 0) is 25.0 Å². The average Bonchev–Trinajstić information content (AvgIpc) is 2.53. The van der Waals surface area contributed by atoms with E-state index >= 15 is 0 Å². The zero-order valence-electron chi connectivity index (χ0n) is 12.5. The van der Waals surface area contributed by atoms with Crippen molar-refractivity contribution in [2.45, 2.75) is 38.1 Å². The van der Waals surface area contributed by atoms with Crippen molar-refractivity contribution in [3.63, 3.8) is 0 Å². The molecule has 1 aliphatic carbocycles. The number of benzene rings is 1. The van der Waals surface area contributed by atoms with Crippen LogP contribution in [0.5, 0.6) is 0 Å². The molecule has 2 amide bonds. The van der Waals surface area contributed by atoms with Crippen LogP contribution in [0.25, 0.3) is 0 Å². The fraction of sp³-hybridized carbons (Fsp3) is 0.438. The highest BCUT2D eigenvalue weighted by molar-refractivity contribution is 5.89. The van der Waals surface area contributed by atoms with Gasteiger partial charge in [-0.15, -0.1) is 6.58 Å². The summed E-state index contributed by atoms with van der Waals surface area (Å²) in [5.74, 6) is 0. The van der Waals surface area contributed by atoms with Gasteiger partial charge in [0, 0.05) is 30.4 Å². The molecule has 0 unspecified atom stereocenters. The van der Waals surface area contributed by atoms with Crippen molar-refractivity contribution >= 4 is 17.4 Å². The van der Waals surface area contributed by atoms with Crippen molar-refractivity contribution < 1.29 is 9.72 Å². The Morgan fingerprint density at radius 3 is 2.50 bits per heavy atom. The van der Waals surface area contributed by atoms with E-state index in [0.717, 1.165) is 25.7 Å². The maximum absolute atomic E-state index is 12.5. The van der Waals surface area contributed by atoms with E-state index in [9.17, 15) is 14.9 Å². The molecule has 1 N–H and O–H groups in total. The average molecular weight is 303 g/mol. The predicted molar refractivity (Wildman–Crippen MR) is 85.9 cm³/mol. The minimum Gasteiger partial charge on any atom is -0.318 e. The number of rotatable bonds is 5. The summed E-state index contributed by atoms with van der Waals surface area (Å²) in [5, 5.41) is 13.4. The van der Waals surface area contributed by atoms with E-state index in [1.807, 2.05) is 0 Å². The number of nitro benzene ring substituents is 1. The Morgan fingerprint density at radius 1 is 1.32 bits per heavy atom. The van der Waals surface area contributed by atoms with E-state index in [1.165, 1.54) is 18.6 Å². The van der Waals surface area contributed by atoms with Crippen LogP contribution in [0, 0.1) is 10.1 Å². The number of nitrogens with zero attached hydrogens (tertiary/aromatic N) is 2. The molecule has 0 heterocycles. The number of non-ortho nitro benzene ring substituents is 1. The van der Waals surface area contributed by atoms with Gasteiger partial charge in [-0.2, -0.15) is 0 Å². The highest BCUT2D eigenvalue weighted by Crippen LogP contribution is 2.23. The van der Waals surface area contributed by atoms with Gasteiger partial charge in [-0.3, -0.25) is 10.1 Å². The third-order valence-electron chi connectivity index (χ3n) is 3.93. The number of nitro groups is 1. The number of amides is 2. The summed E-state index contributed by atoms with van der Waals surface area (Å²) in [5.41, 5.74) is 0.564. The summed E-state index contributed by atoms with van der Waals surface area (Å²) in [6.45, 7) is 4.22. The third kappa shape index (κ3) is 4.07. The molecule has 0 saturated heterocycles. The molecule has 0 bridgehead atoms. The maximum atomic E-state index is 12.5. The van der Waals surface area contributed by atoms with Crippen LogP contribution in [-0.2, 0) is 0 Å². The normalized spacial score (nSPS) is 15.1. The lowest BCUT2D eigenvalue weighted by Gasteiger charge is -2.33. The van der Waals surface area contributed by atoms with Crippen molar-refractivity contribution in [2.75, 3.05) is 11.9 Å². The molecule has 2 rings (SSSR count). The first kappa shape index (κ1) is 16.0. The molecular weight excluding hydrogens is 282 g/mol. The lowest BCUT2D eigenvalue weighted by molar-refractivity contribution is -0.384. The first-order valence-electron chi connectivity index (χ1n) is 7.55. The van der Waals surface area contributed by atoms with Crippen molar-refractivity contribution in [3.05, 3.63) is 47.0 Å². The Kier molecular flexibility index (Phi) is 5.52. The molecule has 0 atom stereocenters. The number of nitrogens with one attached hydrogen (secondary N) is 1. The molecule has 1 aliphatic rings. The number of hydrogen-bond donors (Lipinski definition) is 1. The smallest absolute Gasteiger partial charge is 0.318 e. The van der Waals surface area contributed by atoms with E-state index < -0.39 is 4.92 Å². The SMILES string of the molecule is C=CCN(C(=O)Nc1ccc([N+](=O)[O-])cc1)C1CCCCC1. The minimum atomic E-state index is -0.461. The molecule has 118 valence electrons. The van der Waals surface area contributed by atoms with Gasteiger partial charge in [0.2, 0.25) is 0 Å². The second-order valence-electron chi connectivity index (χ2n) is 5.47. The van der Waals surface area contributed by atoms with Crippen LogP contribution in [0.1, 0.15) is 32.1 Å². The molecular formula is C16H21N3O3. The Morgan fingerprint density at radius 2 is 1.95 bits per heavy atom. The molecule has 0 aliphatic heterocycles. The summed E-state index contributed by atoms with van der Waals surface area (Å²) in [7, 11) is 0. The number of carbonyl (C=O) groups is 1. The van der Waals surface area contributed by atoms with E-state index in [4.69, 9.17) is 0 Å². The molecule has 1 aromatic carbocycles. The standard InChI is InChI=1S/C16H21N3O3/c1-2-12-18(14-6-4-3-5-7-14)16(20)17-13-8-10-15(11-9-13)19(21)22/h2,8-11,14H,1,3-7,12H2,(H,17,20). The van der Waals surface area contributed by atoms with Gasteiger partial charge in [0.15, 0.2) is 0 Å². The van der Waals surface area contributed by atoms with Crippen LogP contribution in [0.4, 0.5) is 16.2 Å². The molecule has 0 aromatic heterocycles. The van der Waals surface area contributed by atoms with Crippen LogP contribution >= 0.6 is 0 Å². The monoisotopic (exact) mass is 303 g/mol. The molecule has 0 radical (unpaired) electrons. The Bertz CT molecular complexity index is 536. The highest BCUT2D eigenvalue weighted by Gasteiger charge is 2.24. The molecule has 1 aromatic rings. The Balaban J connectivity index is 2.03. The van der Waals surface area contributed by atoms with Crippen LogP contribution in [-0.4, -0.2) is 28.4 Å². The lowest BCUT2D eigenvalue weighted by atomic mass is 9.94. The fourth-order valence-corrected chi connectivity index (χ4v) is 2.79. The molecule has 1 fully saturated rings. The van der Waals surface area contributed by atoms with E-state index in [1.54, 1.807) is 23.1 Å². The van der Waals surface area contributed by atoms with E-state index in [-0.39, 0.29) is 17.8 Å². The summed E-state index contributed by atoms with van der Waals surface area (Å²) in [6, 6.07) is 5.92. The summed E-state index contributed by atoms with van der Waals surface area (Å²) < 4.78 is 0. The van der Waals surface area contributed by atoms with Gasteiger partial charge in [0.25, 0.3) is 5.69 Å². The largest absolute Gasteiger partial charge is 0.322 e. The maximum Gasteiger partial charge on any atom is 0.322 e. The number of urea groups is 1. The van der Waals surface area contributed by atoms with Crippen molar-refractivity contribution in [1.82, 2.24) is 4.90 Å². The van der Waals surface area contributed by atoms with Crippen molar-refractivity contribution in [2.24, 2.45) is 0 Å². The minimum absolute atomic E-state index is 0.00762. The summed E-state index contributed by atoms with van der Waals surface area (Å²) in [4.78, 5) is 24.4. The number of anilines is 1. The van der Waals surface area contributed by atoms with Crippen LogP contribution < -0.4 is 5.32 Å². The van der Waals surface area contributed by atoms with Gasteiger partial charge in [-0.25, -0.2) is 4.79 Å². The van der Waals surface area contributed by atoms with Crippen LogP contribution in [0.3, 0.4) is 0 Å². The summed E-state index contributed by atoms with van der Waals surface area (Å²) >= 11 is 0. The Labute approximate surface area is 130 Å². The van der Waals surface area contributed by atoms with Gasteiger partial charge >= 0.3 is 6.03 Å². The zero-order valence-corrected chi connectivity index (χ0v) is 12.5.